The molecule has 0 spiro atoms. The number of benzene rings is 1. The van der Waals surface area contributed by atoms with Gasteiger partial charge in [-0.3, -0.25) is 0 Å². The van der Waals surface area contributed by atoms with Gasteiger partial charge in [-0.15, -0.1) is 0 Å². The molecule has 0 fully saturated rings. The van der Waals surface area contributed by atoms with Crippen LogP contribution in [0.4, 0.5) is 11.5 Å². The molecule has 0 aliphatic rings. The smallest absolute Gasteiger partial charge is 0.221 e. The van der Waals surface area contributed by atoms with Gasteiger partial charge in [0, 0.05) is 6.07 Å². The first-order valence-corrected chi connectivity index (χ1v) is 5.34. The number of hydrogen-bond acceptors (Lipinski definition) is 4. The lowest BCUT2D eigenvalue weighted by molar-refractivity contribution is 0.460. The number of pyridine rings is 1. The molecule has 1 aromatic heterocycles. The number of ether oxygens (including phenoxy) is 1. The second kappa shape index (κ2) is 4.33. The Balaban J connectivity index is 2.31. The quantitative estimate of drug-likeness (QED) is 0.830. The highest BCUT2D eigenvalue weighted by atomic mass is 16.5. The molecule has 0 unspecified atom stereocenters. The van der Waals surface area contributed by atoms with Crippen LogP contribution in [0, 0.1) is 13.8 Å². The minimum atomic E-state index is 0.285. The van der Waals surface area contributed by atoms with Crippen LogP contribution in [0.15, 0.2) is 30.3 Å². The molecule has 4 nitrogen and oxygen atoms in total. The van der Waals surface area contributed by atoms with Crippen molar-refractivity contribution in [1.82, 2.24) is 4.98 Å². The second-order valence-corrected chi connectivity index (χ2v) is 3.92. The highest BCUT2D eigenvalue weighted by Crippen LogP contribution is 2.27. The van der Waals surface area contributed by atoms with Gasteiger partial charge in [0.1, 0.15) is 5.75 Å². The third-order valence-electron chi connectivity index (χ3n) is 2.70. The molecule has 0 aliphatic carbocycles. The van der Waals surface area contributed by atoms with Gasteiger partial charge in [-0.2, -0.15) is 4.98 Å². The van der Waals surface area contributed by atoms with Gasteiger partial charge in [-0.05, 0) is 37.1 Å². The molecule has 17 heavy (non-hydrogen) atoms. The third kappa shape index (κ3) is 2.30. The van der Waals surface area contributed by atoms with E-state index in [9.17, 15) is 0 Å². The summed E-state index contributed by atoms with van der Waals surface area (Å²) in [7, 11) is 0. The standard InChI is InChI=1S/C13H15N3O/c1-8-4-3-5-11(9(8)2)17-12-7-6-10(14)13(15)16-12/h3-7H,14H2,1-2H3,(H2,15,16). The largest absolute Gasteiger partial charge is 0.439 e. The van der Waals surface area contributed by atoms with Gasteiger partial charge in [-0.25, -0.2) is 0 Å². The van der Waals surface area contributed by atoms with Crippen LogP contribution < -0.4 is 16.2 Å². The fourth-order valence-electron chi connectivity index (χ4n) is 1.47. The molecule has 4 heteroatoms. The first-order valence-electron chi connectivity index (χ1n) is 5.34. The summed E-state index contributed by atoms with van der Waals surface area (Å²) in [6.07, 6.45) is 0. The van der Waals surface area contributed by atoms with E-state index in [1.54, 1.807) is 12.1 Å². The average Bonchev–Trinajstić information content (AvgIpc) is 2.30. The van der Waals surface area contributed by atoms with Gasteiger partial charge in [-0.1, -0.05) is 12.1 Å². The number of aromatic nitrogens is 1. The molecule has 0 bridgehead atoms. The zero-order valence-electron chi connectivity index (χ0n) is 9.90. The van der Waals surface area contributed by atoms with Gasteiger partial charge in [0.15, 0.2) is 5.82 Å². The van der Waals surface area contributed by atoms with Crippen LogP contribution in [0.1, 0.15) is 11.1 Å². The van der Waals surface area contributed by atoms with Crippen molar-refractivity contribution in [3.8, 4) is 11.6 Å². The van der Waals surface area contributed by atoms with Crippen LogP contribution in [-0.4, -0.2) is 4.98 Å². The molecule has 88 valence electrons. The van der Waals surface area contributed by atoms with Crippen LogP contribution >= 0.6 is 0 Å². The van der Waals surface area contributed by atoms with Crippen LogP contribution in [0.25, 0.3) is 0 Å². The van der Waals surface area contributed by atoms with E-state index < -0.39 is 0 Å². The summed E-state index contributed by atoms with van der Waals surface area (Å²) < 4.78 is 5.68. The summed E-state index contributed by atoms with van der Waals surface area (Å²) in [6.45, 7) is 4.04. The number of hydrogen-bond donors (Lipinski definition) is 2. The Bertz CT molecular complexity index is 552. The third-order valence-corrected chi connectivity index (χ3v) is 2.70. The second-order valence-electron chi connectivity index (χ2n) is 3.92. The predicted molar refractivity (Wildman–Crippen MR) is 69.1 cm³/mol. The number of aryl methyl sites for hydroxylation is 1. The van der Waals surface area contributed by atoms with Gasteiger partial charge in [0.2, 0.25) is 5.88 Å². The lowest BCUT2D eigenvalue weighted by Gasteiger charge is -2.10. The van der Waals surface area contributed by atoms with Crippen LogP contribution in [0.5, 0.6) is 11.6 Å². The molecule has 0 saturated heterocycles. The van der Waals surface area contributed by atoms with Crippen molar-refractivity contribution >= 4 is 11.5 Å². The van der Waals surface area contributed by atoms with Crippen molar-refractivity contribution < 1.29 is 4.74 Å². The summed E-state index contributed by atoms with van der Waals surface area (Å²) in [5, 5.41) is 0. The number of rotatable bonds is 2. The van der Waals surface area contributed by atoms with E-state index in [2.05, 4.69) is 4.98 Å². The highest BCUT2D eigenvalue weighted by Gasteiger charge is 2.05. The van der Waals surface area contributed by atoms with Gasteiger partial charge < -0.3 is 16.2 Å². The minimum absolute atomic E-state index is 0.285. The van der Waals surface area contributed by atoms with E-state index in [1.165, 1.54) is 5.56 Å². The summed E-state index contributed by atoms with van der Waals surface area (Å²) in [5.41, 5.74) is 13.9. The van der Waals surface area contributed by atoms with E-state index in [4.69, 9.17) is 16.2 Å². The first kappa shape index (κ1) is 11.3. The first-order chi connectivity index (χ1) is 8.08. The summed E-state index contributed by atoms with van der Waals surface area (Å²) >= 11 is 0. The summed E-state index contributed by atoms with van der Waals surface area (Å²) in [5.74, 6) is 1.51. The maximum atomic E-state index is 5.68. The van der Waals surface area contributed by atoms with Gasteiger partial charge in [0.05, 0.1) is 5.69 Å². The Morgan fingerprint density at radius 2 is 1.82 bits per heavy atom. The number of anilines is 2. The predicted octanol–water partition coefficient (Wildman–Crippen LogP) is 2.66. The Labute approximate surface area is 100 Å². The Morgan fingerprint density at radius 1 is 1.06 bits per heavy atom. The molecule has 0 aliphatic heterocycles. The lowest BCUT2D eigenvalue weighted by atomic mass is 10.1. The Morgan fingerprint density at radius 3 is 2.53 bits per heavy atom. The van der Waals surface area contributed by atoms with E-state index in [0.29, 0.717) is 11.6 Å². The molecule has 2 aromatic rings. The maximum Gasteiger partial charge on any atom is 0.221 e. The Hall–Kier alpha value is -2.23. The molecule has 4 N–H and O–H groups in total. The normalized spacial score (nSPS) is 10.2. The van der Waals surface area contributed by atoms with Crippen molar-refractivity contribution in [3.05, 3.63) is 41.5 Å². The number of nitrogens with two attached hydrogens (primary N) is 2. The minimum Gasteiger partial charge on any atom is -0.439 e. The lowest BCUT2D eigenvalue weighted by Crippen LogP contribution is -1.99. The summed E-state index contributed by atoms with van der Waals surface area (Å²) in [6, 6.07) is 9.26. The molecule has 0 radical (unpaired) electrons. The Kier molecular flexibility index (Phi) is 2.87. The van der Waals surface area contributed by atoms with E-state index in [0.717, 1.165) is 11.3 Å². The van der Waals surface area contributed by atoms with Crippen LogP contribution in [0.3, 0.4) is 0 Å². The van der Waals surface area contributed by atoms with E-state index >= 15 is 0 Å². The molecule has 0 atom stereocenters. The highest BCUT2D eigenvalue weighted by molar-refractivity contribution is 5.59. The zero-order valence-corrected chi connectivity index (χ0v) is 9.90. The van der Waals surface area contributed by atoms with Gasteiger partial charge >= 0.3 is 0 Å². The molecular formula is C13H15N3O. The molecule has 2 rings (SSSR count). The average molecular weight is 229 g/mol. The van der Waals surface area contributed by atoms with Crippen molar-refractivity contribution in [3.63, 3.8) is 0 Å². The van der Waals surface area contributed by atoms with Crippen molar-refractivity contribution in [2.45, 2.75) is 13.8 Å². The van der Waals surface area contributed by atoms with Crippen LogP contribution in [0.2, 0.25) is 0 Å². The fourth-order valence-corrected chi connectivity index (χ4v) is 1.47. The fraction of sp³-hybridized carbons (Fsp3) is 0.154. The molecule has 0 amide bonds. The molecule has 1 aromatic carbocycles. The topological polar surface area (TPSA) is 74.2 Å². The van der Waals surface area contributed by atoms with Crippen molar-refractivity contribution in [1.29, 1.82) is 0 Å². The van der Waals surface area contributed by atoms with E-state index in [-0.39, 0.29) is 5.82 Å². The maximum absolute atomic E-state index is 5.68. The van der Waals surface area contributed by atoms with Crippen molar-refractivity contribution in [2.75, 3.05) is 11.5 Å². The zero-order chi connectivity index (χ0) is 12.4. The number of nitrogen functional groups attached to an aromatic ring is 2. The molecule has 1 heterocycles. The number of nitrogens with zero attached hydrogens (tertiary/aromatic N) is 1. The SMILES string of the molecule is Cc1cccc(Oc2ccc(N)c(N)n2)c1C. The molecule has 0 saturated carbocycles. The summed E-state index contributed by atoms with van der Waals surface area (Å²) in [4.78, 5) is 4.07. The van der Waals surface area contributed by atoms with Crippen LogP contribution in [-0.2, 0) is 0 Å². The monoisotopic (exact) mass is 229 g/mol. The molecular weight excluding hydrogens is 214 g/mol. The van der Waals surface area contributed by atoms with Crippen molar-refractivity contribution in [2.24, 2.45) is 0 Å². The van der Waals surface area contributed by atoms with E-state index in [1.807, 2.05) is 32.0 Å². The van der Waals surface area contributed by atoms with Gasteiger partial charge in [0.25, 0.3) is 0 Å².